The quantitative estimate of drug-likeness (QED) is 0.0397. The molecule has 0 bridgehead atoms. The Kier molecular flexibility index (Phi) is 23.9. The monoisotopic (exact) mass is 1030 g/mol. The van der Waals surface area contributed by atoms with Crippen LogP contribution in [0.25, 0.3) is 0 Å². The molecule has 3 rings (SSSR count). The molecule has 2 aromatic rings. The Labute approximate surface area is 429 Å². The molecule has 2 aromatic carbocycles. The molecule has 1 heterocycles. The van der Waals surface area contributed by atoms with Crippen molar-refractivity contribution in [3.63, 3.8) is 0 Å². The van der Waals surface area contributed by atoms with Crippen molar-refractivity contribution in [2.45, 2.75) is 179 Å². The van der Waals surface area contributed by atoms with Crippen molar-refractivity contribution in [2.75, 3.05) is 33.4 Å². The van der Waals surface area contributed by atoms with Gasteiger partial charge in [-0.3, -0.25) is 23.6 Å². The number of likely N-dealkylation sites (tertiary alicyclic amines) is 1. The van der Waals surface area contributed by atoms with Crippen molar-refractivity contribution >= 4 is 47.9 Å². The first-order chi connectivity index (χ1) is 34.2. The van der Waals surface area contributed by atoms with E-state index in [0.29, 0.717) is 31.2 Å². The van der Waals surface area contributed by atoms with Crippen LogP contribution in [0.5, 0.6) is 0 Å². The number of nitrogens with zero attached hydrogens (tertiary/aromatic N) is 1. The Morgan fingerprint density at radius 2 is 1.00 bits per heavy atom. The van der Waals surface area contributed by atoms with Crippen molar-refractivity contribution in [2.24, 2.45) is 0 Å². The Hall–Kier alpha value is -6.47. The Bertz CT molecular complexity index is 2120. The highest BCUT2D eigenvalue weighted by Gasteiger charge is 2.46. The molecule has 19 nitrogen and oxygen atoms in total. The van der Waals surface area contributed by atoms with E-state index in [0.717, 1.165) is 5.56 Å². The van der Waals surface area contributed by atoms with E-state index in [2.05, 4.69) is 31.9 Å². The fourth-order valence-electron chi connectivity index (χ4n) is 7.91. The number of hydrogen-bond donors (Lipinski definition) is 6. The van der Waals surface area contributed by atoms with Crippen molar-refractivity contribution in [1.82, 2.24) is 36.8 Å². The molecule has 0 aromatic heterocycles. The van der Waals surface area contributed by atoms with E-state index < -0.39 is 101 Å². The molecule has 4 atom stereocenters. The van der Waals surface area contributed by atoms with Crippen LogP contribution in [0.3, 0.4) is 0 Å². The molecule has 20 heteroatoms. The lowest BCUT2D eigenvalue weighted by atomic mass is 9.87. The summed E-state index contributed by atoms with van der Waals surface area (Å²) in [6.07, 6.45) is -0.532. The molecule has 6 N–H and O–H groups in total. The summed E-state index contributed by atoms with van der Waals surface area (Å²) in [5, 5.41) is 16.5. The Balaban J connectivity index is 1.94. The second-order valence-electron chi connectivity index (χ2n) is 21.3. The van der Waals surface area contributed by atoms with E-state index in [9.17, 15) is 42.7 Å². The zero-order valence-electron chi connectivity index (χ0n) is 44.4. The minimum Gasteiger partial charge on any atom is -0.467 e. The molecular formula is C53H80FN7O12. The van der Waals surface area contributed by atoms with Gasteiger partial charge >= 0.3 is 24.2 Å². The summed E-state index contributed by atoms with van der Waals surface area (Å²) in [6, 6.07) is 13.0. The number of unbranched alkanes of at least 4 members (excludes halogenated alkanes) is 3. The third-order valence-electron chi connectivity index (χ3n) is 11.4. The molecule has 73 heavy (non-hydrogen) atoms. The second-order valence-corrected chi connectivity index (χ2v) is 21.3. The minimum absolute atomic E-state index is 0.0116. The van der Waals surface area contributed by atoms with Crippen LogP contribution in [0.1, 0.15) is 131 Å². The zero-order chi connectivity index (χ0) is 54.4. The van der Waals surface area contributed by atoms with Crippen LogP contribution in [0.2, 0.25) is 0 Å². The molecule has 7 amide bonds. The average molecular weight is 1030 g/mol. The number of hydrogen-bond acceptors (Lipinski definition) is 12. The van der Waals surface area contributed by atoms with Crippen LogP contribution >= 0.6 is 0 Å². The zero-order valence-corrected chi connectivity index (χ0v) is 44.4. The predicted molar refractivity (Wildman–Crippen MR) is 272 cm³/mol. The van der Waals surface area contributed by atoms with E-state index >= 15 is 0 Å². The van der Waals surface area contributed by atoms with Crippen molar-refractivity contribution in [1.29, 1.82) is 0 Å². The SMILES string of the molecule is COC(=O)C1(NC(=O)OC(C)(C)C)CCN(C(=O)[C@@H](CCCCNC(=O)OC(C)(C)C)NC(=O)C(CCCCCF)NC(=O)[C@@H](Cc2ccccc2)NC(=O)[C@@H](Cc2ccccc2)NC(=O)OC(C)(C)C)CC1. The van der Waals surface area contributed by atoms with E-state index in [-0.39, 0.29) is 64.6 Å². The van der Waals surface area contributed by atoms with Gasteiger partial charge in [0.15, 0.2) is 0 Å². The summed E-state index contributed by atoms with van der Waals surface area (Å²) in [5.74, 6) is -3.36. The third kappa shape index (κ3) is 22.9. The number of benzene rings is 2. The second kappa shape index (κ2) is 28.7. The number of carbonyl (C=O) groups is 8. The number of alkyl carbamates (subject to hydrolysis) is 3. The smallest absolute Gasteiger partial charge is 0.408 e. The molecule has 1 aliphatic rings. The lowest BCUT2D eigenvalue weighted by molar-refractivity contribution is -0.153. The van der Waals surface area contributed by atoms with E-state index in [1.807, 2.05) is 6.07 Å². The van der Waals surface area contributed by atoms with Gasteiger partial charge in [-0.2, -0.15) is 0 Å². The molecular weight excluding hydrogens is 946 g/mol. The summed E-state index contributed by atoms with van der Waals surface area (Å²) >= 11 is 0. The summed E-state index contributed by atoms with van der Waals surface area (Å²) in [5.41, 5.74) is -2.56. The molecule has 1 aliphatic heterocycles. The molecule has 1 fully saturated rings. The minimum atomic E-state index is -1.51. The van der Waals surface area contributed by atoms with Gasteiger partial charge in [0.2, 0.25) is 23.6 Å². The summed E-state index contributed by atoms with van der Waals surface area (Å²) < 4.78 is 34.6. The Morgan fingerprint density at radius 1 is 0.562 bits per heavy atom. The number of halogens is 1. The molecule has 406 valence electrons. The summed E-state index contributed by atoms with van der Waals surface area (Å²) in [4.78, 5) is 111. The number of carbonyl (C=O) groups excluding carboxylic acids is 8. The van der Waals surface area contributed by atoms with Gasteiger partial charge in [-0.15, -0.1) is 0 Å². The van der Waals surface area contributed by atoms with Gasteiger partial charge in [0, 0.05) is 32.5 Å². The number of methoxy groups -OCH3 is 1. The predicted octanol–water partition coefficient (Wildman–Crippen LogP) is 6.10. The highest BCUT2D eigenvalue weighted by atomic mass is 19.1. The molecule has 0 spiro atoms. The lowest BCUT2D eigenvalue weighted by Gasteiger charge is -2.41. The van der Waals surface area contributed by atoms with Crippen LogP contribution in [-0.4, -0.2) is 133 Å². The fraction of sp³-hybridized carbons (Fsp3) is 0.623. The van der Waals surface area contributed by atoms with Crippen LogP contribution in [0, 0.1) is 0 Å². The number of ether oxygens (including phenoxy) is 4. The van der Waals surface area contributed by atoms with Crippen LogP contribution < -0.4 is 31.9 Å². The van der Waals surface area contributed by atoms with Crippen molar-refractivity contribution in [3.8, 4) is 0 Å². The van der Waals surface area contributed by atoms with Crippen LogP contribution in [0.4, 0.5) is 18.8 Å². The topological polar surface area (TPSA) is 249 Å². The molecule has 0 saturated carbocycles. The summed E-state index contributed by atoms with van der Waals surface area (Å²) in [6.45, 7) is 14.9. The van der Waals surface area contributed by atoms with Gasteiger partial charge < -0.3 is 55.7 Å². The van der Waals surface area contributed by atoms with Gasteiger partial charge in [0.1, 0.15) is 46.5 Å². The van der Waals surface area contributed by atoms with Crippen LogP contribution in [0.15, 0.2) is 60.7 Å². The maximum absolute atomic E-state index is 14.6. The number of alkyl halides is 1. The summed E-state index contributed by atoms with van der Waals surface area (Å²) in [7, 11) is 1.19. The molecule has 1 unspecified atom stereocenters. The fourth-order valence-corrected chi connectivity index (χ4v) is 7.91. The van der Waals surface area contributed by atoms with Crippen molar-refractivity contribution in [3.05, 3.63) is 71.8 Å². The largest absolute Gasteiger partial charge is 0.467 e. The number of rotatable bonds is 24. The number of esters is 1. The third-order valence-corrected chi connectivity index (χ3v) is 11.4. The standard InChI is InChI=1S/C53H80FN7O12/c1-50(2,3)71-47(67)55-31-21-19-27-39(45(65)61-32-28-53(29-33-61,46(66)70-10)60-49(69)73-52(7,8)9)57-42(62)38(26-18-13-20-30-54)56-43(63)40(34-36-22-14-11-15-23-36)58-44(64)41(35-37-24-16-12-17-25-37)59-48(68)72-51(4,5)6/h11-12,14-17,22-25,38-41H,13,18-21,26-35H2,1-10H3,(H,55,67)(H,56,63)(H,57,62)(H,58,64)(H,59,68)(H,60,69)/t38?,39-,40-,41-/m1/s1. The van der Waals surface area contributed by atoms with Gasteiger partial charge in [-0.05, 0) is 118 Å². The van der Waals surface area contributed by atoms with E-state index in [1.54, 1.807) is 117 Å². The first kappa shape index (κ1) is 60.8. The first-order valence-corrected chi connectivity index (χ1v) is 25.1. The van der Waals surface area contributed by atoms with E-state index in [1.165, 1.54) is 12.0 Å². The highest BCUT2D eigenvalue weighted by Crippen LogP contribution is 2.26. The van der Waals surface area contributed by atoms with E-state index in [4.69, 9.17) is 18.9 Å². The van der Waals surface area contributed by atoms with Gasteiger partial charge in [-0.1, -0.05) is 73.5 Å². The molecule has 1 saturated heterocycles. The molecule has 0 aliphatic carbocycles. The van der Waals surface area contributed by atoms with Gasteiger partial charge in [0.05, 0.1) is 13.8 Å². The van der Waals surface area contributed by atoms with Gasteiger partial charge in [0.25, 0.3) is 0 Å². The first-order valence-electron chi connectivity index (χ1n) is 25.1. The normalized spacial score (nSPS) is 15.2. The average Bonchev–Trinajstić information content (AvgIpc) is 3.30. The van der Waals surface area contributed by atoms with Crippen LogP contribution in [-0.2, 0) is 55.8 Å². The number of piperidine rings is 1. The van der Waals surface area contributed by atoms with Gasteiger partial charge in [-0.25, -0.2) is 19.2 Å². The highest BCUT2D eigenvalue weighted by molar-refractivity contribution is 5.96. The Morgan fingerprint density at radius 3 is 1.51 bits per heavy atom. The molecule has 0 radical (unpaired) electrons. The number of nitrogens with one attached hydrogen (secondary N) is 6. The maximum atomic E-state index is 14.6. The maximum Gasteiger partial charge on any atom is 0.408 e. The number of amides is 7. The van der Waals surface area contributed by atoms with Crippen molar-refractivity contribution < 1.29 is 61.7 Å². The lowest BCUT2D eigenvalue weighted by Crippen LogP contribution is -2.63.